The molecule has 29 heavy (non-hydrogen) atoms. The number of nitrogens with two attached hydrogens (primary N) is 1. The average molecular weight is 402 g/mol. The van der Waals surface area contributed by atoms with Gasteiger partial charge in [0.05, 0.1) is 18.7 Å². The van der Waals surface area contributed by atoms with Crippen molar-refractivity contribution in [2.24, 2.45) is 5.92 Å². The number of ether oxygens (including phenoxy) is 1. The summed E-state index contributed by atoms with van der Waals surface area (Å²) in [5.74, 6) is 2.01. The Hall–Kier alpha value is -2.15. The number of nitrogen functional groups attached to an aromatic ring is 1. The van der Waals surface area contributed by atoms with Crippen LogP contribution in [-0.2, 0) is 22.5 Å². The smallest absolute Gasteiger partial charge is 0.225 e. The molecule has 0 radical (unpaired) electrons. The number of nitrogens with zero attached hydrogens (tertiary/aromatic N) is 4. The first-order valence-corrected chi connectivity index (χ1v) is 10.9. The van der Waals surface area contributed by atoms with E-state index < -0.39 is 0 Å². The van der Waals surface area contributed by atoms with Gasteiger partial charge in [0.1, 0.15) is 11.3 Å². The fourth-order valence-electron chi connectivity index (χ4n) is 4.26. The van der Waals surface area contributed by atoms with Crippen molar-refractivity contribution in [3.05, 3.63) is 17.1 Å². The number of carbonyl (C=O) groups is 1. The summed E-state index contributed by atoms with van der Waals surface area (Å²) in [6.07, 6.45) is 6.34. The molecule has 2 heterocycles. The van der Waals surface area contributed by atoms with Crippen LogP contribution in [0.5, 0.6) is 0 Å². The fourth-order valence-corrected chi connectivity index (χ4v) is 4.26. The first-order chi connectivity index (χ1) is 13.9. The van der Waals surface area contributed by atoms with Crippen LogP contribution in [0.2, 0.25) is 0 Å². The van der Waals surface area contributed by atoms with Gasteiger partial charge < -0.3 is 19.9 Å². The Kier molecular flexibility index (Phi) is 7.11. The Bertz CT molecular complexity index is 855. The number of aromatic nitrogens is 3. The number of fused-ring (bicyclic) bond motifs is 1. The molecule has 1 amide bonds. The molecule has 1 fully saturated rings. The van der Waals surface area contributed by atoms with Gasteiger partial charge in [-0.3, -0.25) is 4.79 Å². The molecule has 0 unspecified atom stereocenters. The predicted molar refractivity (Wildman–Crippen MR) is 116 cm³/mol. The number of anilines is 1. The molecule has 3 rings (SSSR count). The van der Waals surface area contributed by atoms with Crippen molar-refractivity contribution in [2.45, 2.75) is 65.8 Å². The Labute approximate surface area is 173 Å². The second-order valence-electron chi connectivity index (χ2n) is 8.19. The molecule has 1 aliphatic rings. The van der Waals surface area contributed by atoms with Crippen molar-refractivity contribution in [3.8, 4) is 0 Å². The highest BCUT2D eigenvalue weighted by Gasteiger charge is 2.25. The summed E-state index contributed by atoms with van der Waals surface area (Å²) in [6.45, 7) is 8.68. The molecule has 0 bridgehead atoms. The van der Waals surface area contributed by atoms with Crippen molar-refractivity contribution in [1.29, 1.82) is 0 Å². The molecule has 0 atom stereocenters. The Morgan fingerprint density at radius 3 is 2.66 bits per heavy atom. The molecule has 0 spiro atoms. The number of likely N-dealkylation sites (N-methyl/N-ethyl adjacent to an activating group) is 1. The number of imidazole rings is 1. The van der Waals surface area contributed by atoms with E-state index in [2.05, 4.69) is 23.4 Å². The average Bonchev–Trinajstić information content (AvgIpc) is 3.34. The number of rotatable bonds is 9. The summed E-state index contributed by atoms with van der Waals surface area (Å²) >= 11 is 0. The minimum absolute atomic E-state index is 0.221. The summed E-state index contributed by atoms with van der Waals surface area (Å²) in [7, 11) is 1.88. The van der Waals surface area contributed by atoms with E-state index in [1.807, 2.05) is 18.9 Å². The molecule has 1 aliphatic carbocycles. The number of hydrogen-bond acceptors (Lipinski definition) is 5. The van der Waals surface area contributed by atoms with Gasteiger partial charge in [0.2, 0.25) is 5.91 Å². The maximum Gasteiger partial charge on any atom is 0.225 e. The molecule has 7 nitrogen and oxygen atoms in total. The third-order valence-electron chi connectivity index (χ3n) is 6.06. The highest BCUT2D eigenvalue weighted by molar-refractivity contribution is 5.88. The molecular formula is C22H35N5O2. The SMILES string of the molecule is CCCc1nc2c(N)nc(C)c(C)c2n1CCOCCN(C)C(=O)C1CCCC1. The lowest BCUT2D eigenvalue weighted by atomic mass is 10.1. The maximum atomic E-state index is 12.4. The Morgan fingerprint density at radius 2 is 1.97 bits per heavy atom. The number of carbonyl (C=O) groups excluding carboxylic acids is 1. The topological polar surface area (TPSA) is 86.3 Å². The largest absolute Gasteiger partial charge is 0.382 e. The van der Waals surface area contributed by atoms with E-state index in [0.29, 0.717) is 25.6 Å². The van der Waals surface area contributed by atoms with Gasteiger partial charge in [0.25, 0.3) is 0 Å². The van der Waals surface area contributed by atoms with Crippen LogP contribution in [0.4, 0.5) is 5.82 Å². The molecule has 0 saturated heterocycles. The van der Waals surface area contributed by atoms with Crippen molar-refractivity contribution in [3.63, 3.8) is 0 Å². The van der Waals surface area contributed by atoms with Gasteiger partial charge >= 0.3 is 0 Å². The quantitative estimate of drug-likeness (QED) is 0.652. The Balaban J connectivity index is 1.60. The first-order valence-electron chi connectivity index (χ1n) is 10.9. The van der Waals surface area contributed by atoms with E-state index in [9.17, 15) is 4.79 Å². The van der Waals surface area contributed by atoms with Crippen LogP contribution in [0.3, 0.4) is 0 Å². The van der Waals surface area contributed by atoms with Gasteiger partial charge in [-0.05, 0) is 38.7 Å². The van der Waals surface area contributed by atoms with E-state index in [1.54, 1.807) is 0 Å². The summed E-state index contributed by atoms with van der Waals surface area (Å²) < 4.78 is 8.11. The molecule has 2 N–H and O–H groups in total. The van der Waals surface area contributed by atoms with Gasteiger partial charge in [-0.15, -0.1) is 0 Å². The molecule has 160 valence electrons. The summed E-state index contributed by atoms with van der Waals surface area (Å²) in [4.78, 5) is 23.4. The van der Waals surface area contributed by atoms with Crippen molar-refractivity contribution in [1.82, 2.24) is 19.4 Å². The van der Waals surface area contributed by atoms with Gasteiger partial charge in [0, 0.05) is 38.2 Å². The fraction of sp³-hybridized carbons (Fsp3) is 0.682. The molecule has 0 aliphatic heterocycles. The maximum absolute atomic E-state index is 12.4. The standard InChI is InChI=1S/C22H35N5O2/c1-5-8-18-25-19-20(15(2)16(3)24-21(19)23)27(18)12-14-29-13-11-26(4)22(28)17-9-6-7-10-17/h17H,5-14H2,1-4H3,(H2,23,24). The lowest BCUT2D eigenvalue weighted by Crippen LogP contribution is -2.34. The van der Waals surface area contributed by atoms with Crippen LogP contribution in [0.15, 0.2) is 0 Å². The van der Waals surface area contributed by atoms with Crippen molar-refractivity contribution < 1.29 is 9.53 Å². The number of pyridine rings is 1. The molecule has 7 heteroatoms. The highest BCUT2D eigenvalue weighted by atomic mass is 16.5. The van der Waals surface area contributed by atoms with E-state index in [-0.39, 0.29) is 11.8 Å². The molecule has 2 aromatic heterocycles. The zero-order chi connectivity index (χ0) is 21.0. The second kappa shape index (κ2) is 9.57. The normalized spacial score (nSPS) is 14.8. The van der Waals surface area contributed by atoms with Gasteiger partial charge in [-0.2, -0.15) is 0 Å². The van der Waals surface area contributed by atoms with Gasteiger partial charge in [-0.25, -0.2) is 9.97 Å². The second-order valence-corrected chi connectivity index (χ2v) is 8.19. The van der Waals surface area contributed by atoms with Crippen LogP contribution in [0, 0.1) is 19.8 Å². The minimum atomic E-state index is 0.221. The molecule has 1 saturated carbocycles. The number of amides is 1. The molecule has 2 aromatic rings. The molecular weight excluding hydrogens is 366 g/mol. The van der Waals surface area contributed by atoms with Crippen LogP contribution in [0.1, 0.15) is 56.1 Å². The summed E-state index contributed by atoms with van der Waals surface area (Å²) in [5, 5.41) is 0. The first kappa shape index (κ1) is 21.6. The lowest BCUT2D eigenvalue weighted by molar-refractivity contribution is -0.134. The third kappa shape index (κ3) is 4.71. The van der Waals surface area contributed by atoms with E-state index in [1.165, 1.54) is 12.8 Å². The van der Waals surface area contributed by atoms with E-state index in [4.69, 9.17) is 15.5 Å². The van der Waals surface area contributed by atoms with E-state index >= 15 is 0 Å². The van der Waals surface area contributed by atoms with Gasteiger partial charge in [0.15, 0.2) is 5.82 Å². The van der Waals surface area contributed by atoms with E-state index in [0.717, 1.165) is 60.3 Å². The van der Waals surface area contributed by atoms with Crippen molar-refractivity contribution >= 4 is 22.8 Å². The number of hydrogen-bond donors (Lipinski definition) is 1. The lowest BCUT2D eigenvalue weighted by Gasteiger charge is -2.21. The zero-order valence-corrected chi connectivity index (χ0v) is 18.3. The van der Waals surface area contributed by atoms with Crippen LogP contribution in [-0.4, -0.2) is 52.1 Å². The summed E-state index contributed by atoms with van der Waals surface area (Å²) in [5.41, 5.74) is 10.0. The summed E-state index contributed by atoms with van der Waals surface area (Å²) in [6, 6.07) is 0. The number of aryl methyl sites for hydroxylation is 3. The Morgan fingerprint density at radius 1 is 1.24 bits per heavy atom. The zero-order valence-electron chi connectivity index (χ0n) is 18.3. The van der Waals surface area contributed by atoms with Crippen LogP contribution >= 0.6 is 0 Å². The van der Waals surface area contributed by atoms with Crippen LogP contribution < -0.4 is 5.73 Å². The molecule has 0 aromatic carbocycles. The van der Waals surface area contributed by atoms with Gasteiger partial charge in [-0.1, -0.05) is 19.8 Å². The third-order valence-corrected chi connectivity index (χ3v) is 6.06. The van der Waals surface area contributed by atoms with Crippen LogP contribution in [0.25, 0.3) is 11.0 Å². The van der Waals surface area contributed by atoms with Crippen molar-refractivity contribution in [2.75, 3.05) is 32.5 Å². The predicted octanol–water partition coefficient (Wildman–Crippen LogP) is 3.25. The minimum Gasteiger partial charge on any atom is -0.382 e. The highest BCUT2D eigenvalue weighted by Crippen LogP contribution is 2.27. The monoisotopic (exact) mass is 401 g/mol.